The molecule has 2 unspecified atom stereocenters. The zero-order chi connectivity index (χ0) is 13.5. The molecule has 1 heterocycles. The zero-order valence-electron chi connectivity index (χ0n) is 10.6. The quantitative estimate of drug-likeness (QED) is 0.832. The molecule has 1 saturated carbocycles. The van der Waals surface area contributed by atoms with Gasteiger partial charge in [0.25, 0.3) is 0 Å². The van der Waals surface area contributed by atoms with E-state index in [1.54, 1.807) is 27.0 Å². The highest BCUT2D eigenvalue weighted by Gasteiger charge is 2.65. The molecule has 0 saturated heterocycles. The van der Waals surface area contributed by atoms with E-state index in [0.717, 1.165) is 0 Å². The molecule has 6 nitrogen and oxygen atoms in total. The van der Waals surface area contributed by atoms with Crippen LogP contribution in [-0.2, 0) is 16.1 Å². The first-order valence-electron chi connectivity index (χ1n) is 5.76. The molecule has 2 rings (SSSR count). The Morgan fingerprint density at radius 3 is 2.61 bits per heavy atom. The molecule has 1 amide bonds. The van der Waals surface area contributed by atoms with Crippen molar-refractivity contribution in [2.45, 2.75) is 27.3 Å². The summed E-state index contributed by atoms with van der Waals surface area (Å²) in [7, 11) is 0. The summed E-state index contributed by atoms with van der Waals surface area (Å²) >= 11 is 0. The fourth-order valence-corrected chi connectivity index (χ4v) is 2.34. The van der Waals surface area contributed by atoms with Crippen LogP contribution in [-0.4, -0.2) is 22.0 Å². The van der Waals surface area contributed by atoms with Crippen molar-refractivity contribution in [2.24, 2.45) is 17.3 Å². The third kappa shape index (κ3) is 2.10. The number of aliphatic carboxylic acids is 1. The molecule has 1 aliphatic carbocycles. The number of amides is 1. The zero-order valence-corrected chi connectivity index (χ0v) is 10.6. The fraction of sp³-hybridized carbons (Fsp3) is 0.583. The molecular weight excluding hydrogens is 236 g/mol. The number of hydrogen-bond acceptors (Lipinski definition) is 4. The Kier molecular flexibility index (Phi) is 2.88. The van der Waals surface area contributed by atoms with Gasteiger partial charge in [-0.2, -0.15) is 0 Å². The van der Waals surface area contributed by atoms with Crippen molar-refractivity contribution < 1.29 is 19.1 Å². The van der Waals surface area contributed by atoms with E-state index >= 15 is 0 Å². The van der Waals surface area contributed by atoms with Crippen molar-refractivity contribution in [3.63, 3.8) is 0 Å². The van der Waals surface area contributed by atoms with E-state index in [9.17, 15) is 9.59 Å². The summed E-state index contributed by atoms with van der Waals surface area (Å²) in [6.45, 7) is 5.52. The van der Waals surface area contributed by atoms with Gasteiger partial charge in [-0.15, -0.1) is 0 Å². The summed E-state index contributed by atoms with van der Waals surface area (Å²) in [5.74, 6) is -1.18. The van der Waals surface area contributed by atoms with E-state index in [1.807, 2.05) is 0 Å². The second-order valence-corrected chi connectivity index (χ2v) is 5.20. The molecule has 1 fully saturated rings. The minimum atomic E-state index is -0.924. The molecule has 2 N–H and O–H groups in total. The third-order valence-electron chi connectivity index (χ3n) is 3.46. The van der Waals surface area contributed by atoms with Gasteiger partial charge >= 0.3 is 5.97 Å². The van der Waals surface area contributed by atoms with Gasteiger partial charge in [-0.05, 0) is 12.3 Å². The maximum absolute atomic E-state index is 11.9. The molecule has 0 bridgehead atoms. The number of hydrogen-bond donors (Lipinski definition) is 2. The molecule has 0 aliphatic heterocycles. The van der Waals surface area contributed by atoms with Crippen molar-refractivity contribution in [1.82, 2.24) is 10.3 Å². The lowest BCUT2D eigenvalue weighted by Crippen LogP contribution is -2.26. The number of carbonyl (C=O) groups is 2. The second-order valence-electron chi connectivity index (χ2n) is 5.20. The fourth-order valence-electron chi connectivity index (χ4n) is 2.34. The maximum Gasteiger partial charge on any atom is 0.307 e. The molecule has 18 heavy (non-hydrogen) atoms. The third-order valence-corrected chi connectivity index (χ3v) is 3.46. The van der Waals surface area contributed by atoms with E-state index in [1.165, 1.54) is 0 Å². The monoisotopic (exact) mass is 252 g/mol. The Morgan fingerprint density at radius 2 is 2.17 bits per heavy atom. The number of carboxylic acids is 1. The number of nitrogens with zero attached hydrogens (tertiary/aromatic N) is 1. The lowest BCUT2D eigenvalue weighted by molar-refractivity contribution is -0.140. The van der Waals surface area contributed by atoms with E-state index < -0.39 is 23.2 Å². The van der Waals surface area contributed by atoms with Gasteiger partial charge in [-0.25, -0.2) is 4.98 Å². The van der Waals surface area contributed by atoms with Gasteiger partial charge < -0.3 is 14.8 Å². The molecule has 1 aromatic heterocycles. The number of rotatable bonds is 4. The molecule has 6 heteroatoms. The van der Waals surface area contributed by atoms with Gasteiger partial charge in [0.15, 0.2) is 0 Å². The van der Waals surface area contributed by atoms with Crippen LogP contribution in [0.1, 0.15) is 25.5 Å². The largest absolute Gasteiger partial charge is 0.481 e. The van der Waals surface area contributed by atoms with Crippen LogP contribution in [0.2, 0.25) is 0 Å². The van der Waals surface area contributed by atoms with Crippen LogP contribution in [0.4, 0.5) is 0 Å². The van der Waals surface area contributed by atoms with Gasteiger partial charge in [0.2, 0.25) is 11.8 Å². The summed E-state index contributed by atoms with van der Waals surface area (Å²) in [6, 6.07) is 0. The number of carbonyl (C=O) groups excluding carboxylic acids is 1. The van der Waals surface area contributed by atoms with E-state index in [0.29, 0.717) is 11.7 Å². The van der Waals surface area contributed by atoms with Crippen LogP contribution in [0, 0.1) is 24.2 Å². The van der Waals surface area contributed by atoms with Gasteiger partial charge in [-0.1, -0.05) is 13.8 Å². The van der Waals surface area contributed by atoms with Crippen LogP contribution >= 0.6 is 0 Å². The lowest BCUT2D eigenvalue weighted by Gasteiger charge is -2.03. The van der Waals surface area contributed by atoms with Gasteiger partial charge in [0.1, 0.15) is 5.76 Å². The van der Waals surface area contributed by atoms with Crippen LogP contribution in [0.5, 0.6) is 0 Å². The van der Waals surface area contributed by atoms with Gasteiger partial charge in [-0.3, -0.25) is 9.59 Å². The lowest BCUT2D eigenvalue weighted by atomic mass is 10.1. The predicted molar refractivity (Wildman–Crippen MR) is 61.5 cm³/mol. The number of nitrogens with one attached hydrogen (secondary N) is 1. The number of aromatic nitrogens is 1. The summed E-state index contributed by atoms with van der Waals surface area (Å²) in [6.07, 6.45) is 1.57. The Balaban J connectivity index is 1.92. The van der Waals surface area contributed by atoms with Crippen molar-refractivity contribution in [3.8, 4) is 0 Å². The Morgan fingerprint density at radius 1 is 1.50 bits per heavy atom. The highest BCUT2D eigenvalue weighted by atomic mass is 16.4. The summed E-state index contributed by atoms with van der Waals surface area (Å²) in [5, 5.41) is 11.6. The SMILES string of the molecule is Cc1cnc(CNC(=O)C2C(C(=O)O)C2(C)C)o1. The topological polar surface area (TPSA) is 92.4 Å². The molecule has 2 atom stereocenters. The number of aryl methyl sites for hydroxylation is 1. The summed E-state index contributed by atoms with van der Waals surface area (Å²) in [4.78, 5) is 26.8. The summed E-state index contributed by atoms with van der Waals surface area (Å²) < 4.78 is 5.22. The van der Waals surface area contributed by atoms with Crippen LogP contribution in [0.15, 0.2) is 10.6 Å². The van der Waals surface area contributed by atoms with E-state index in [4.69, 9.17) is 9.52 Å². The standard InChI is InChI=1S/C12H16N2O4/c1-6-4-13-7(18-6)5-14-10(15)8-9(11(16)17)12(8,2)3/h4,8-9H,5H2,1-3H3,(H,14,15)(H,16,17). The normalized spacial score (nSPS) is 24.6. The number of carboxylic acid groups (broad SMARTS) is 1. The van der Waals surface area contributed by atoms with Gasteiger partial charge in [0.05, 0.1) is 24.6 Å². The first-order valence-corrected chi connectivity index (χ1v) is 5.76. The molecule has 1 aliphatic rings. The van der Waals surface area contributed by atoms with E-state index in [-0.39, 0.29) is 12.5 Å². The Labute approximate surface area is 104 Å². The number of oxazole rings is 1. The molecule has 98 valence electrons. The average molecular weight is 252 g/mol. The minimum Gasteiger partial charge on any atom is -0.481 e. The molecule has 0 aromatic carbocycles. The first-order chi connectivity index (χ1) is 8.34. The van der Waals surface area contributed by atoms with Crippen LogP contribution in [0.25, 0.3) is 0 Å². The second kappa shape index (κ2) is 4.12. The summed E-state index contributed by atoms with van der Waals surface area (Å²) in [5.41, 5.74) is -0.484. The highest BCUT2D eigenvalue weighted by molar-refractivity contribution is 5.91. The minimum absolute atomic E-state index is 0.186. The van der Waals surface area contributed by atoms with Gasteiger partial charge in [0, 0.05) is 0 Å². The van der Waals surface area contributed by atoms with Crippen molar-refractivity contribution in [3.05, 3.63) is 17.8 Å². The van der Waals surface area contributed by atoms with Crippen molar-refractivity contribution in [2.75, 3.05) is 0 Å². The predicted octanol–water partition coefficient (Wildman–Crippen LogP) is 0.956. The Hall–Kier alpha value is -1.85. The molecule has 0 radical (unpaired) electrons. The molecule has 1 aromatic rings. The van der Waals surface area contributed by atoms with E-state index in [2.05, 4.69) is 10.3 Å². The smallest absolute Gasteiger partial charge is 0.307 e. The highest BCUT2D eigenvalue weighted by Crippen LogP contribution is 2.58. The molecular formula is C12H16N2O4. The Bertz CT molecular complexity index is 492. The maximum atomic E-state index is 11.9. The van der Waals surface area contributed by atoms with Crippen LogP contribution in [0.3, 0.4) is 0 Å². The first kappa shape index (κ1) is 12.6. The average Bonchev–Trinajstić information content (AvgIpc) is 2.63. The van der Waals surface area contributed by atoms with Crippen molar-refractivity contribution >= 4 is 11.9 Å². The molecule has 0 spiro atoms. The van der Waals surface area contributed by atoms with Crippen LogP contribution < -0.4 is 5.32 Å². The van der Waals surface area contributed by atoms with Crippen molar-refractivity contribution in [1.29, 1.82) is 0 Å².